The zero-order valence-electron chi connectivity index (χ0n) is 9.54. The van der Waals surface area contributed by atoms with E-state index in [4.69, 9.17) is 10.5 Å². The van der Waals surface area contributed by atoms with Gasteiger partial charge in [0.1, 0.15) is 5.75 Å². The van der Waals surface area contributed by atoms with E-state index < -0.39 is 5.91 Å². The number of primary amides is 1. The highest BCUT2D eigenvalue weighted by Gasteiger charge is 2.13. The van der Waals surface area contributed by atoms with Crippen molar-refractivity contribution in [2.75, 3.05) is 7.11 Å². The number of rotatable bonds is 3. The second-order valence-electron chi connectivity index (χ2n) is 3.49. The molecule has 1 amide bonds. The van der Waals surface area contributed by atoms with Crippen LogP contribution in [0.4, 0.5) is 0 Å². The van der Waals surface area contributed by atoms with E-state index in [-0.39, 0.29) is 5.69 Å². The lowest BCUT2D eigenvalue weighted by molar-refractivity contribution is 0.0994. The minimum atomic E-state index is -0.586. The molecule has 0 radical (unpaired) electrons. The standard InChI is InChI=1S/C11H12N4O2/c1-7-10(11(12)16)14-15(13-7)8-4-3-5-9(6-8)17-2/h3-6H,1-2H3,(H2,12,16). The van der Waals surface area contributed by atoms with E-state index >= 15 is 0 Å². The fourth-order valence-corrected chi connectivity index (χ4v) is 1.46. The topological polar surface area (TPSA) is 83.0 Å². The molecule has 0 aliphatic heterocycles. The summed E-state index contributed by atoms with van der Waals surface area (Å²) in [6, 6.07) is 7.21. The third-order valence-electron chi connectivity index (χ3n) is 2.30. The van der Waals surface area contributed by atoms with E-state index in [1.807, 2.05) is 18.2 Å². The molecule has 2 rings (SSSR count). The lowest BCUT2D eigenvalue weighted by atomic mass is 10.3. The van der Waals surface area contributed by atoms with Crippen molar-refractivity contribution in [3.63, 3.8) is 0 Å². The Morgan fingerprint density at radius 2 is 2.18 bits per heavy atom. The highest BCUT2D eigenvalue weighted by molar-refractivity contribution is 5.91. The van der Waals surface area contributed by atoms with Crippen LogP contribution in [0.25, 0.3) is 5.69 Å². The van der Waals surface area contributed by atoms with Gasteiger partial charge in [0.15, 0.2) is 5.69 Å². The summed E-state index contributed by atoms with van der Waals surface area (Å²) >= 11 is 0. The quantitative estimate of drug-likeness (QED) is 0.843. The summed E-state index contributed by atoms with van der Waals surface area (Å²) in [6.45, 7) is 1.68. The SMILES string of the molecule is COc1cccc(-n2nc(C)c(C(N)=O)n2)c1. The molecule has 0 aliphatic rings. The number of ether oxygens (including phenoxy) is 1. The van der Waals surface area contributed by atoms with Gasteiger partial charge in [0.25, 0.3) is 5.91 Å². The van der Waals surface area contributed by atoms with Crippen molar-refractivity contribution in [3.8, 4) is 11.4 Å². The summed E-state index contributed by atoms with van der Waals surface area (Å²) < 4.78 is 5.10. The first-order valence-corrected chi connectivity index (χ1v) is 5.00. The number of nitrogens with two attached hydrogens (primary N) is 1. The molecule has 2 aromatic rings. The summed E-state index contributed by atoms with van der Waals surface area (Å²) in [5.41, 5.74) is 6.57. The second-order valence-corrected chi connectivity index (χ2v) is 3.49. The van der Waals surface area contributed by atoms with Gasteiger partial charge in [-0.2, -0.15) is 9.90 Å². The van der Waals surface area contributed by atoms with E-state index in [0.29, 0.717) is 17.1 Å². The first kappa shape index (κ1) is 11.1. The Labute approximate surface area is 98.0 Å². The van der Waals surface area contributed by atoms with Crippen LogP contribution in [0.1, 0.15) is 16.2 Å². The second kappa shape index (κ2) is 4.25. The van der Waals surface area contributed by atoms with E-state index in [9.17, 15) is 4.79 Å². The van der Waals surface area contributed by atoms with Gasteiger partial charge in [-0.25, -0.2) is 0 Å². The molecule has 88 valence electrons. The van der Waals surface area contributed by atoms with Gasteiger partial charge in [-0.05, 0) is 19.1 Å². The summed E-state index contributed by atoms with van der Waals surface area (Å²) in [7, 11) is 1.58. The van der Waals surface area contributed by atoms with Gasteiger partial charge in [-0.15, -0.1) is 5.10 Å². The Morgan fingerprint density at radius 1 is 1.41 bits per heavy atom. The summed E-state index contributed by atoms with van der Waals surface area (Å²) in [4.78, 5) is 12.4. The molecule has 0 aliphatic carbocycles. The number of benzene rings is 1. The normalized spacial score (nSPS) is 10.2. The average molecular weight is 232 g/mol. The van der Waals surface area contributed by atoms with Crippen LogP contribution in [0.2, 0.25) is 0 Å². The van der Waals surface area contributed by atoms with Crippen LogP contribution in [0.5, 0.6) is 5.75 Å². The van der Waals surface area contributed by atoms with Gasteiger partial charge in [-0.3, -0.25) is 4.79 Å². The average Bonchev–Trinajstić information content (AvgIpc) is 2.71. The monoisotopic (exact) mass is 232 g/mol. The van der Waals surface area contributed by atoms with Gasteiger partial charge in [0.2, 0.25) is 0 Å². The Hall–Kier alpha value is -2.37. The van der Waals surface area contributed by atoms with Crippen molar-refractivity contribution in [2.24, 2.45) is 5.73 Å². The number of hydrogen-bond donors (Lipinski definition) is 1. The molecule has 1 heterocycles. The number of methoxy groups -OCH3 is 1. The van der Waals surface area contributed by atoms with E-state index in [1.165, 1.54) is 4.80 Å². The molecular weight excluding hydrogens is 220 g/mol. The third kappa shape index (κ3) is 2.10. The van der Waals surface area contributed by atoms with Crippen LogP contribution in [0.3, 0.4) is 0 Å². The van der Waals surface area contributed by atoms with Crippen LogP contribution in [0, 0.1) is 6.92 Å². The maximum Gasteiger partial charge on any atom is 0.271 e. The number of carbonyl (C=O) groups excluding carboxylic acids is 1. The smallest absolute Gasteiger partial charge is 0.271 e. The zero-order chi connectivity index (χ0) is 12.4. The van der Waals surface area contributed by atoms with Crippen LogP contribution in [-0.4, -0.2) is 28.0 Å². The lowest BCUT2D eigenvalue weighted by Crippen LogP contribution is -2.13. The number of aryl methyl sites for hydroxylation is 1. The zero-order valence-corrected chi connectivity index (χ0v) is 9.54. The molecule has 0 saturated carbocycles. The Balaban J connectivity index is 2.46. The van der Waals surface area contributed by atoms with E-state index in [2.05, 4.69) is 10.2 Å². The first-order chi connectivity index (χ1) is 8.11. The summed E-state index contributed by atoms with van der Waals surface area (Å²) in [6.07, 6.45) is 0. The van der Waals surface area contributed by atoms with Crippen LogP contribution < -0.4 is 10.5 Å². The molecule has 0 unspecified atom stereocenters. The van der Waals surface area contributed by atoms with E-state index in [0.717, 1.165) is 0 Å². The Bertz CT molecular complexity index is 562. The van der Waals surface area contributed by atoms with Crippen LogP contribution in [-0.2, 0) is 0 Å². The molecule has 17 heavy (non-hydrogen) atoms. The van der Waals surface area contributed by atoms with Crippen LogP contribution >= 0.6 is 0 Å². The minimum absolute atomic E-state index is 0.174. The number of aromatic nitrogens is 3. The van der Waals surface area contributed by atoms with Gasteiger partial charge in [0, 0.05) is 6.07 Å². The highest BCUT2D eigenvalue weighted by atomic mass is 16.5. The fourth-order valence-electron chi connectivity index (χ4n) is 1.46. The maximum atomic E-state index is 11.1. The van der Waals surface area contributed by atoms with Crippen LogP contribution in [0.15, 0.2) is 24.3 Å². The largest absolute Gasteiger partial charge is 0.497 e. The molecule has 6 nitrogen and oxygen atoms in total. The van der Waals surface area contributed by atoms with Gasteiger partial charge in [-0.1, -0.05) is 6.07 Å². The van der Waals surface area contributed by atoms with Crippen molar-refractivity contribution in [3.05, 3.63) is 35.7 Å². The van der Waals surface area contributed by atoms with Crippen molar-refractivity contribution in [1.82, 2.24) is 15.0 Å². The van der Waals surface area contributed by atoms with Crippen molar-refractivity contribution in [2.45, 2.75) is 6.92 Å². The maximum absolute atomic E-state index is 11.1. The molecule has 0 fully saturated rings. The highest BCUT2D eigenvalue weighted by Crippen LogP contribution is 2.15. The predicted octanol–water partition coefficient (Wildman–Crippen LogP) is 0.683. The summed E-state index contributed by atoms with van der Waals surface area (Å²) in [5.74, 6) is 0.106. The third-order valence-corrected chi connectivity index (χ3v) is 2.30. The molecule has 6 heteroatoms. The van der Waals surface area contributed by atoms with Crippen molar-refractivity contribution >= 4 is 5.91 Å². The number of hydrogen-bond acceptors (Lipinski definition) is 4. The number of carbonyl (C=O) groups is 1. The molecule has 0 bridgehead atoms. The number of nitrogens with zero attached hydrogens (tertiary/aromatic N) is 3. The van der Waals surface area contributed by atoms with Gasteiger partial charge in [0.05, 0.1) is 18.5 Å². The van der Waals surface area contributed by atoms with Gasteiger partial charge < -0.3 is 10.5 Å². The molecule has 1 aromatic heterocycles. The van der Waals surface area contributed by atoms with Crippen molar-refractivity contribution in [1.29, 1.82) is 0 Å². The lowest BCUT2D eigenvalue weighted by Gasteiger charge is -2.02. The van der Waals surface area contributed by atoms with Gasteiger partial charge >= 0.3 is 0 Å². The summed E-state index contributed by atoms with van der Waals surface area (Å²) in [5, 5.41) is 8.16. The molecule has 2 N–H and O–H groups in total. The molecule has 0 atom stereocenters. The fraction of sp³-hybridized carbons (Fsp3) is 0.182. The Morgan fingerprint density at radius 3 is 2.76 bits per heavy atom. The Kier molecular flexibility index (Phi) is 2.78. The first-order valence-electron chi connectivity index (χ1n) is 5.00. The number of amides is 1. The molecule has 1 aromatic carbocycles. The molecule has 0 spiro atoms. The van der Waals surface area contributed by atoms with E-state index in [1.54, 1.807) is 20.1 Å². The minimum Gasteiger partial charge on any atom is -0.497 e. The molecular formula is C11H12N4O2. The predicted molar refractivity (Wildman–Crippen MR) is 61.2 cm³/mol. The molecule has 0 saturated heterocycles. The van der Waals surface area contributed by atoms with Crippen molar-refractivity contribution < 1.29 is 9.53 Å².